The van der Waals surface area contributed by atoms with E-state index in [1.165, 1.54) is 0 Å². The van der Waals surface area contributed by atoms with Gasteiger partial charge < -0.3 is 11.1 Å². The van der Waals surface area contributed by atoms with Crippen LogP contribution in [0.15, 0.2) is 30.4 Å². The fourth-order valence-electron chi connectivity index (χ4n) is 1.50. The maximum Gasteiger partial charge on any atom is 0.164 e. The fraction of sp³-hybridized carbons (Fsp3) is 0.429. The van der Waals surface area contributed by atoms with E-state index in [4.69, 9.17) is 5.73 Å². The molecule has 3 N–H and O–H groups in total. The number of allylic oxidation sites excluding steroid dienone is 1. The largest absolute Gasteiger partial charge is 0.401 e. The van der Waals surface area contributed by atoms with Crippen molar-refractivity contribution in [3.63, 3.8) is 0 Å². The van der Waals surface area contributed by atoms with Gasteiger partial charge in [-0.3, -0.25) is 9.78 Å². The zero-order valence-corrected chi connectivity index (χ0v) is 11.1. The lowest BCUT2D eigenvalue weighted by Gasteiger charge is -2.05. The van der Waals surface area contributed by atoms with Crippen LogP contribution in [0, 0.1) is 0 Å². The molecule has 0 saturated heterocycles. The molecule has 0 spiro atoms. The van der Waals surface area contributed by atoms with Crippen LogP contribution in [0.25, 0.3) is 0 Å². The van der Waals surface area contributed by atoms with Crippen LogP contribution in [-0.2, 0) is 0 Å². The number of rotatable bonds is 7. The van der Waals surface area contributed by atoms with Crippen molar-refractivity contribution in [2.75, 3.05) is 5.32 Å². The van der Waals surface area contributed by atoms with Gasteiger partial charge >= 0.3 is 0 Å². The molecule has 0 aliphatic carbocycles. The van der Waals surface area contributed by atoms with Crippen LogP contribution in [0.2, 0.25) is 0 Å². The molecule has 0 atom stereocenters. The van der Waals surface area contributed by atoms with E-state index in [-0.39, 0.29) is 5.78 Å². The average Bonchev–Trinajstić information content (AvgIpc) is 2.42. The van der Waals surface area contributed by atoms with Crippen molar-refractivity contribution in [3.05, 3.63) is 35.9 Å². The zero-order chi connectivity index (χ0) is 13.4. The lowest BCUT2D eigenvalue weighted by atomic mass is 10.1. The number of nitrogens with one attached hydrogen (secondary N) is 1. The van der Waals surface area contributed by atoms with Gasteiger partial charge in [0.05, 0.1) is 11.9 Å². The van der Waals surface area contributed by atoms with Crippen LogP contribution in [0.5, 0.6) is 0 Å². The molecule has 0 amide bonds. The van der Waals surface area contributed by atoms with Gasteiger partial charge in [-0.2, -0.15) is 0 Å². The minimum atomic E-state index is 0.0917. The lowest BCUT2D eigenvalue weighted by Crippen LogP contribution is -2.03. The summed E-state index contributed by atoms with van der Waals surface area (Å²) >= 11 is 0. The van der Waals surface area contributed by atoms with E-state index in [9.17, 15) is 4.79 Å². The third kappa shape index (κ3) is 4.57. The van der Waals surface area contributed by atoms with Crippen LogP contribution >= 0.6 is 0 Å². The van der Waals surface area contributed by atoms with Gasteiger partial charge in [0.25, 0.3) is 0 Å². The van der Waals surface area contributed by atoms with E-state index < -0.39 is 0 Å². The molecule has 0 radical (unpaired) electrons. The Morgan fingerprint density at radius 1 is 1.44 bits per heavy atom. The number of carbonyl (C=O) groups excluding carboxylic acids is 1. The van der Waals surface area contributed by atoms with Gasteiger partial charge in [-0.1, -0.05) is 20.3 Å². The zero-order valence-electron chi connectivity index (χ0n) is 11.1. The Kier molecular flexibility index (Phi) is 5.91. The fourth-order valence-corrected chi connectivity index (χ4v) is 1.50. The van der Waals surface area contributed by atoms with Crippen LogP contribution in [0.1, 0.15) is 49.9 Å². The number of carbonyl (C=O) groups is 1. The molecule has 0 bridgehead atoms. The molecule has 0 saturated carbocycles. The number of nitrogens with two attached hydrogens (primary N) is 1. The number of hydrogen-bond donors (Lipinski definition) is 2. The van der Waals surface area contributed by atoms with Gasteiger partial charge in [0.15, 0.2) is 5.78 Å². The highest BCUT2D eigenvalue weighted by molar-refractivity contribution is 5.96. The number of anilines is 1. The molecular formula is C14H21N3O. The number of aromatic nitrogens is 1. The molecule has 1 rings (SSSR count). The monoisotopic (exact) mass is 247 g/mol. The second-order valence-electron chi connectivity index (χ2n) is 4.21. The first-order chi connectivity index (χ1) is 8.67. The summed E-state index contributed by atoms with van der Waals surface area (Å²) in [5.41, 5.74) is 8.07. The summed E-state index contributed by atoms with van der Waals surface area (Å²) in [7, 11) is 0. The van der Waals surface area contributed by atoms with Gasteiger partial charge in [-0.05, 0) is 18.9 Å². The molecule has 0 aromatic carbocycles. The van der Waals surface area contributed by atoms with Crippen molar-refractivity contribution >= 4 is 11.5 Å². The van der Waals surface area contributed by atoms with E-state index in [1.54, 1.807) is 24.7 Å². The first-order valence-corrected chi connectivity index (χ1v) is 6.36. The molecule has 1 heterocycles. The molecule has 4 nitrogen and oxygen atoms in total. The highest BCUT2D eigenvalue weighted by Crippen LogP contribution is 2.11. The first-order valence-electron chi connectivity index (χ1n) is 6.36. The molecular weight excluding hydrogens is 226 g/mol. The lowest BCUT2D eigenvalue weighted by molar-refractivity contribution is 0.0988. The van der Waals surface area contributed by atoms with E-state index in [2.05, 4.69) is 17.2 Å². The molecule has 0 unspecified atom stereocenters. The van der Waals surface area contributed by atoms with Crippen LogP contribution in [-0.4, -0.2) is 10.8 Å². The quantitative estimate of drug-likeness (QED) is 0.726. The Balaban J connectivity index is 2.65. The van der Waals surface area contributed by atoms with E-state index in [0.717, 1.165) is 30.6 Å². The molecule has 98 valence electrons. The predicted molar refractivity (Wildman–Crippen MR) is 74.3 cm³/mol. The van der Waals surface area contributed by atoms with Gasteiger partial charge in [0.1, 0.15) is 0 Å². The number of Topliss-reactive ketones (excluding diaryl/α,β-unsaturated/α-hetero) is 1. The Morgan fingerprint density at radius 3 is 2.89 bits per heavy atom. The minimum absolute atomic E-state index is 0.0917. The summed E-state index contributed by atoms with van der Waals surface area (Å²) < 4.78 is 0. The van der Waals surface area contributed by atoms with Gasteiger partial charge in [0.2, 0.25) is 0 Å². The summed E-state index contributed by atoms with van der Waals surface area (Å²) in [4.78, 5) is 15.6. The molecule has 18 heavy (non-hydrogen) atoms. The molecule has 0 fully saturated rings. The van der Waals surface area contributed by atoms with Crippen molar-refractivity contribution in [2.24, 2.45) is 5.73 Å². The highest BCUT2D eigenvalue weighted by Gasteiger charge is 2.03. The summed E-state index contributed by atoms with van der Waals surface area (Å²) in [6.45, 7) is 3.97. The Bertz CT molecular complexity index is 427. The SMILES string of the molecule is CCCC/C(N)=C/Nc1cncc(C(=O)CC)c1. The normalized spacial score (nSPS) is 11.3. The van der Waals surface area contributed by atoms with Gasteiger partial charge in [0, 0.05) is 30.1 Å². The maximum atomic E-state index is 11.5. The summed E-state index contributed by atoms with van der Waals surface area (Å²) in [6, 6.07) is 1.79. The van der Waals surface area contributed by atoms with E-state index >= 15 is 0 Å². The van der Waals surface area contributed by atoms with Crippen molar-refractivity contribution in [1.29, 1.82) is 0 Å². The minimum Gasteiger partial charge on any atom is -0.401 e. The van der Waals surface area contributed by atoms with Crippen LogP contribution in [0.4, 0.5) is 5.69 Å². The molecule has 1 aromatic rings. The summed E-state index contributed by atoms with van der Waals surface area (Å²) in [5.74, 6) is 0.0917. The second kappa shape index (κ2) is 7.48. The van der Waals surface area contributed by atoms with Crippen molar-refractivity contribution in [1.82, 2.24) is 4.98 Å². The van der Waals surface area contributed by atoms with Crippen LogP contribution in [0.3, 0.4) is 0 Å². The standard InChI is InChI=1S/C14H21N3O/c1-3-5-6-12(15)9-17-13-7-11(8-16-10-13)14(18)4-2/h7-10,17H,3-6,15H2,1-2H3/b12-9-. The number of pyridine rings is 1. The maximum absolute atomic E-state index is 11.5. The number of nitrogens with zero attached hydrogens (tertiary/aromatic N) is 1. The van der Waals surface area contributed by atoms with Gasteiger partial charge in [-0.25, -0.2) is 0 Å². The molecule has 0 aliphatic heterocycles. The van der Waals surface area contributed by atoms with Crippen molar-refractivity contribution < 1.29 is 4.79 Å². The Hall–Kier alpha value is -1.84. The third-order valence-corrected chi connectivity index (χ3v) is 2.62. The van der Waals surface area contributed by atoms with Crippen molar-refractivity contribution in [2.45, 2.75) is 39.5 Å². The number of hydrogen-bond acceptors (Lipinski definition) is 4. The molecule has 0 aliphatic rings. The molecule has 4 heteroatoms. The van der Waals surface area contributed by atoms with Gasteiger partial charge in [-0.15, -0.1) is 0 Å². The van der Waals surface area contributed by atoms with Crippen LogP contribution < -0.4 is 11.1 Å². The van der Waals surface area contributed by atoms with E-state index in [0.29, 0.717) is 12.0 Å². The topological polar surface area (TPSA) is 68.0 Å². The number of ketones is 1. The Labute approximate surface area is 108 Å². The average molecular weight is 247 g/mol. The summed E-state index contributed by atoms with van der Waals surface area (Å²) in [6.07, 6.45) is 8.60. The third-order valence-electron chi connectivity index (χ3n) is 2.62. The smallest absolute Gasteiger partial charge is 0.164 e. The summed E-state index contributed by atoms with van der Waals surface area (Å²) in [5, 5.41) is 3.07. The first kappa shape index (κ1) is 14.2. The predicted octanol–water partition coefficient (Wildman–Crippen LogP) is 3.08. The van der Waals surface area contributed by atoms with Crippen molar-refractivity contribution in [3.8, 4) is 0 Å². The highest BCUT2D eigenvalue weighted by atomic mass is 16.1. The second-order valence-corrected chi connectivity index (χ2v) is 4.21. The Morgan fingerprint density at radius 2 is 2.22 bits per heavy atom. The van der Waals surface area contributed by atoms with E-state index in [1.807, 2.05) is 6.92 Å². The number of unbranched alkanes of at least 4 members (excludes halogenated alkanes) is 1. The molecule has 1 aromatic heterocycles.